The zero-order valence-electron chi connectivity index (χ0n) is 35.4. The molecule has 13 heteroatoms. The maximum atomic E-state index is 15.0. The number of nitrogens with one attached hydrogen (secondary N) is 2. The van der Waals surface area contributed by atoms with Crippen molar-refractivity contribution in [2.24, 2.45) is 7.05 Å². The van der Waals surface area contributed by atoms with E-state index in [1.165, 1.54) is 17.2 Å². The highest BCUT2D eigenvalue weighted by Crippen LogP contribution is 2.44. The van der Waals surface area contributed by atoms with Gasteiger partial charge in [0, 0.05) is 72.6 Å². The Balaban J connectivity index is 0.938. The summed E-state index contributed by atoms with van der Waals surface area (Å²) in [5.41, 5.74) is 9.48. The van der Waals surface area contributed by atoms with Crippen LogP contribution < -0.4 is 21.1 Å². The van der Waals surface area contributed by atoms with Crippen molar-refractivity contribution in [2.75, 3.05) is 11.4 Å². The lowest BCUT2D eigenvalue weighted by Crippen LogP contribution is -2.52. The Labute approximate surface area is 362 Å². The van der Waals surface area contributed by atoms with Gasteiger partial charge in [-0.05, 0) is 120 Å². The average molecular weight is 849 g/mol. The van der Waals surface area contributed by atoms with Crippen molar-refractivity contribution in [3.63, 3.8) is 0 Å². The molecular formula is C50H46F2N6O5. The summed E-state index contributed by atoms with van der Waals surface area (Å²) >= 11 is 0. The Bertz CT molecular complexity index is 2940. The van der Waals surface area contributed by atoms with Gasteiger partial charge >= 0.3 is 0 Å². The number of amides is 4. The third-order valence-corrected chi connectivity index (χ3v) is 12.7. The van der Waals surface area contributed by atoms with Crippen molar-refractivity contribution in [2.45, 2.75) is 77.9 Å². The highest BCUT2D eigenvalue weighted by atomic mass is 19.3. The quantitative estimate of drug-likeness (QED) is 0.140. The largest absolute Gasteiger partial charge is 0.347 e. The number of carbonyl (C=O) groups is 4. The normalized spacial score (nSPS) is 16.2. The van der Waals surface area contributed by atoms with E-state index >= 15 is 8.78 Å². The van der Waals surface area contributed by atoms with E-state index in [-0.39, 0.29) is 60.5 Å². The number of carbonyl (C=O) groups excluding carboxylic acids is 4. The van der Waals surface area contributed by atoms with E-state index in [9.17, 15) is 24.0 Å². The molecule has 11 nitrogen and oxygen atoms in total. The lowest BCUT2D eigenvalue weighted by atomic mass is 9.91. The molecular weight excluding hydrogens is 803 g/mol. The van der Waals surface area contributed by atoms with Gasteiger partial charge in [-0.15, -0.1) is 0 Å². The topological polar surface area (TPSA) is 134 Å². The first-order valence-corrected chi connectivity index (χ1v) is 21.2. The molecule has 3 aliphatic rings. The van der Waals surface area contributed by atoms with Crippen LogP contribution in [0.15, 0.2) is 95.9 Å². The second kappa shape index (κ2) is 16.4. The van der Waals surface area contributed by atoms with Gasteiger partial charge in [0.2, 0.25) is 11.8 Å². The Hall–Kier alpha value is -7.02. The number of benzene rings is 4. The number of piperidine rings is 1. The van der Waals surface area contributed by atoms with Gasteiger partial charge in [0.15, 0.2) is 0 Å². The zero-order chi connectivity index (χ0) is 44.3. The predicted molar refractivity (Wildman–Crippen MR) is 237 cm³/mol. The summed E-state index contributed by atoms with van der Waals surface area (Å²) in [7, 11) is 1.77. The number of aryl methyl sites for hydroxylation is 3. The molecule has 0 aliphatic carbocycles. The molecule has 1 saturated heterocycles. The lowest BCUT2D eigenvalue weighted by Gasteiger charge is -2.34. The monoisotopic (exact) mass is 848 g/mol. The lowest BCUT2D eigenvalue weighted by molar-refractivity contribution is -0.136. The van der Waals surface area contributed by atoms with E-state index in [0.29, 0.717) is 40.9 Å². The van der Waals surface area contributed by atoms with E-state index in [4.69, 9.17) is 0 Å². The number of nitrogens with zero attached hydrogens (tertiary/aromatic N) is 4. The number of pyridine rings is 2. The SMILES string of the molecule is Cc1cc2c(N3CCCc4cc(-c5ccc(C(=O)NCc6cccc(-c7cccc8c7CN(C7CCC(=O)NC7=O)C8=O)c6)nc5)c(C(F)F)cc43)cc(C(C)C)cc2n(C)c1=O. The van der Waals surface area contributed by atoms with Gasteiger partial charge in [-0.25, -0.2) is 8.78 Å². The molecule has 0 saturated carbocycles. The Morgan fingerprint density at radius 1 is 0.889 bits per heavy atom. The van der Waals surface area contributed by atoms with Crippen LogP contribution in [0.1, 0.15) is 99.7 Å². The van der Waals surface area contributed by atoms with Crippen LogP contribution in [0.3, 0.4) is 0 Å². The van der Waals surface area contributed by atoms with Crippen LogP contribution in [0.25, 0.3) is 33.2 Å². The Kier molecular flexibility index (Phi) is 10.7. The van der Waals surface area contributed by atoms with Crippen LogP contribution >= 0.6 is 0 Å². The second-order valence-electron chi connectivity index (χ2n) is 17.0. The van der Waals surface area contributed by atoms with E-state index in [0.717, 1.165) is 56.4 Å². The third kappa shape index (κ3) is 7.55. The fraction of sp³-hybridized carbons (Fsp3) is 0.280. The Morgan fingerprint density at radius 3 is 2.43 bits per heavy atom. The minimum absolute atomic E-state index is 0.0733. The predicted octanol–water partition coefficient (Wildman–Crippen LogP) is 8.41. The molecule has 1 atom stereocenters. The van der Waals surface area contributed by atoms with Crippen molar-refractivity contribution in [1.82, 2.24) is 25.1 Å². The molecule has 0 spiro atoms. The van der Waals surface area contributed by atoms with Gasteiger partial charge in [-0.1, -0.05) is 50.2 Å². The van der Waals surface area contributed by atoms with Crippen LogP contribution in [0.2, 0.25) is 0 Å². The average Bonchev–Trinajstić information content (AvgIpc) is 3.62. The number of rotatable bonds is 9. The first-order chi connectivity index (χ1) is 30.3. The maximum Gasteiger partial charge on any atom is 0.270 e. The second-order valence-corrected chi connectivity index (χ2v) is 17.0. The number of imide groups is 1. The number of fused-ring (bicyclic) bond motifs is 3. The molecule has 4 amide bonds. The highest BCUT2D eigenvalue weighted by Gasteiger charge is 2.40. The molecule has 5 heterocycles. The van der Waals surface area contributed by atoms with Gasteiger partial charge in [0.05, 0.1) is 11.2 Å². The molecule has 320 valence electrons. The van der Waals surface area contributed by atoms with E-state index in [1.807, 2.05) is 48.5 Å². The van der Waals surface area contributed by atoms with Gasteiger partial charge in [-0.3, -0.25) is 34.3 Å². The summed E-state index contributed by atoms with van der Waals surface area (Å²) in [6.45, 7) is 7.01. The fourth-order valence-corrected chi connectivity index (χ4v) is 9.27. The number of hydrogen-bond acceptors (Lipinski definition) is 7. The summed E-state index contributed by atoms with van der Waals surface area (Å²) in [5.74, 6) is -1.32. The number of halogens is 2. The van der Waals surface area contributed by atoms with Crippen molar-refractivity contribution >= 4 is 45.9 Å². The molecule has 0 bridgehead atoms. The minimum Gasteiger partial charge on any atom is -0.347 e. The first kappa shape index (κ1) is 41.3. The smallest absolute Gasteiger partial charge is 0.270 e. The molecule has 0 radical (unpaired) electrons. The first-order valence-electron chi connectivity index (χ1n) is 21.2. The van der Waals surface area contributed by atoms with Crippen LogP contribution in [0.4, 0.5) is 20.2 Å². The van der Waals surface area contributed by atoms with Crippen LogP contribution in [-0.4, -0.2) is 50.7 Å². The van der Waals surface area contributed by atoms with Gasteiger partial charge in [0.1, 0.15) is 11.7 Å². The van der Waals surface area contributed by atoms with Crippen molar-refractivity contribution in [3.8, 4) is 22.3 Å². The van der Waals surface area contributed by atoms with Crippen molar-refractivity contribution < 1.29 is 28.0 Å². The number of aromatic nitrogens is 2. The van der Waals surface area contributed by atoms with Crippen LogP contribution in [0.5, 0.6) is 0 Å². The van der Waals surface area contributed by atoms with Crippen molar-refractivity contribution in [1.29, 1.82) is 0 Å². The van der Waals surface area contributed by atoms with Gasteiger partial charge < -0.3 is 19.7 Å². The molecule has 2 N–H and O–H groups in total. The van der Waals surface area contributed by atoms with E-state index in [2.05, 4.69) is 40.4 Å². The number of alkyl halides is 2. The molecule has 4 aromatic carbocycles. The highest BCUT2D eigenvalue weighted by molar-refractivity contribution is 6.06. The standard InChI is InChI=1S/C50H46F2N6O5/c1-27(2)33-21-43-38(18-28(3)49(62)56(43)4)44(22-33)57-17-7-10-31-20-36(37(46(51)52)23-42(31)57)32-13-14-40(53-25-32)47(60)54-24-29-8-5-9-30(19-29)34-11-6-12-35-39(34)26-58(50(35)63)41-15-16-45(59)55-48(41)61/h5-6,8-9,11-14,18-23,25,27,41,46H,7,10,15-17,24,26H2,1-4H3,(H,54,60)(H,55,59,61). The zero-order valence-corrected chi connectivity index (χ0v) is 35.4. The molecule has 3 aliphatic heterocycles. The summed E-state index contributed by atoms with van der Waals surface area (Å²) < 4.78 is 31.7. The van der Waals surface area contributed by atoms with Crippen LogP contribution in [-0.2, 0) is 36.1 Å². The molecule has 63 heavy (non-hydrogen) atoms. The summed E-state index contributed by atoms with van der Waals surface area (Å²) in [6, 6.07) is 25.0. The van der Waals surface area contributed by atoms with E-state index in [1.54, 1.807) is 42.8 Å². The number of hydrogen-bond donors (Lipinski definition) is 2. The van der Waals surface area contributed by atoms with Gasteiger partial charge in [0.25, 0.3) is 23.8 Å². The maximum absolute atomic E-state index is 15.0. The molecule has 6 aromatic rings. The fourth-order valence-electron chi connectivity index (χ4n) is 9.27. The van der Waals surface area contributed by atoms with Gasteiger partial charge in [-0.2, -0.15) is 0 Å². The van der Waals surface area contributed by atoms with Crippen LogP contribution in [0, 0.1) is 6.92 Å². The van der Waals surface area contributed by atoms with E-state index < -0.39 is 24.3 Å². The summed E-state index contributed by atoms with van der Waals surface area (Å²) in [6.07, 6.45) is 0.620. The molecule has 1 unspecified atom stereocenters. The van der Waals surface area contributed by atoms with Crippen molar-refractivity contribution in [3.05, 3.63) is 146 Å². The summed E-state index contributed by atoms with van der Waals surface area (Å²) in [4.78, 5) is 72.1. The Morgan fingerprint density at radius 2 is 1.68 bits per heavy atom. The third-order valence-electron chi connectivity index (χ3n) is 12.7. The minimum atomic E-state index is -2.78. The molecule has 2 aromatic heterocycles. The summed E-state index contributed by atoms with van der Waals surface area (Å²) in [5, 5.41) is 6.14. The molecule has 1 fully saturated rings. The number of anilines is 2. The molecule has 9 rings (SSSR count).